The smallest absolute Gasteiger partial charge is 0.255 e. The molecule has 0 radical (unpaired) electrons. The van der Waals surface area contributed by atoms with Crippen molar-refractivity contribution in [2.24, 2.45) is 0 Å². The van der Waals surface area contributed by atoms with Crippen LogP contribution in [-0.2, 0) is 20.9 Å². The van der Waals surface area contributed by atoms with Crippen molar-refractivity contribution in [3.05, 3.63) is 57.6 Å². The molecule has 0 saturated carbocycles. The van der Waals surface area contributed by atoms with Crippen molar-refractivity contribution in [2.45, 2.75) is 50.7 Å². The molecule has 4 heterocycles. The first-order valence-electron chi connectivity index (χ1n) is 14.9. The van der Waals surface area contributed by atoms with Crippen LogP contribution in [-0.4, -0.2) is 96.3 Å². The zero-order valence-electron chi connectivity index (χ0n) is 23.9. The lowest BCUT2D eigenvalue weighted by Crippen LogP contribution is -2.53. The molecular formula is C31H35Cl2N5O5. The van der Waals surface area contributed by atoms with Gasteiger partial charge in [0, 0.05) is 56.0 Å². The van der Waals surface area contributed by atoms with Crippen molar-refractivity contribution in [3.63, 3.8) is 0 Å². The molecule has 1 N–H and O–H groups in total. The maximum atomic E-state index is 13.5. The standard InChI is InChI=1S/C31H35Cl2N5O5/c32-23-8-7-20(18-24(23)33)35-13-15-37(16-14-35)31(42)26-5-2-11-36(26)12-3-17-43-27-6-1-4-21-22(27)19-38(30(21)41)25-9-10-28(39)34-29(25)40/h1,4,6-8,18,25-26H,2-3,5,9-17,19H2,(H,34,39,40)/t25?,26-/m1/s1. The number of imide groups is 1. The third-order valence-electron chi connectivity index (χ3n) is 8.89. The number of rotatable bonds is 8. The average Bonchev–Trinajstić information content (AvgIpc) is 3.61. The van der Waals surface area contributed by atoms with Gasteiger partial charge in [-0.05, 0) is 62.6 Å². The second-order valence-electron chi connectivity index (χ2n) is 11.5. The topological polar surface area (TPSA) is 102 Å². The number of likely N-dealkylation sites (tertiary alicyclic amines) is 1. The first-order valence-corrected chi connectivity index (χ1v) is 15.7. The molecule has 0 bridgehead atoms. The summed E-state index contributed by atoms with van der Waals surface area (Å²) in [4.78, 5) is 58.5. The number of halogens is 2. The molecule has 10 nitrogen and oxygen atoms in total. The van der Waals surface area contributed by atoms with Crippen LogP contribution in [0.15, 0.2) is 36.4 Å². The molecule has 3 fully saturated rings. The van der Waals surface area contributed by atoms with E-state index in [4.69, 9.17) is 27.9 Å². The van der Waals surface area contributed by atoms with Gasteiger partial charge in [0.2, 0.25) is 17.7 Å². The fraction of sp³-hybridized carbons (Fsp3) is 0.484. The Bertz CT molecular complexity index is 1430. The summed E-state index contributed by atoms with van der Waals surface area (Å²) in [5, 5.41) is 3.40. The molecule has 0 spiro atoms. The predicted octanol–water partition coefficient (Wildman–Crippen LogP) is 3.34. The number of carbonyl (C=O) groups excluding carboxylic acids is 4. The van der Waals surface area contributed by atoms with Crippen molar-refractivity contribution in [1.82, 2.24) is 20.0 Å². The number of hydrogen-bond acceptors (Lipinski definition) is 7. The number of amides is 4. The molecule has 4 aliphatic rings. The summed E-state index contributed by atoms with van der Waals surface area (Å²) < 4.78 is 6.14. The van der Waals surface area contributed by atoms with Crippen LogP contribution in [0.5, 0.6) is 5.75 Å². The number of piperazine rings is 1. The normalized spacial score (nSPS) is 22.7. The highest BCUT2D eigenvalue weighted by atomic mass is 35.5. The molecule has 43 heavy (non-hydrogen) atoms. The molecule has 4 aliphatic heterocycles. The van der Waals surface area contributed by atoms with E-state index in [9.17, 15) is 19.2 Å². The fourth-order valence-electron chi connectivity index (χ4n) is 6.59. The Hall–Kier alpha value is -3.34. The van der Waals surface area contributed by atoms with E-state index >= 15 is 0 Å². The van der Waals surface area contributed by atoms with Crippen LogP contribution in [0, 0.1) is 0 Å². The number of ether oxygens (including phenoxy) is 1. The Labute approximate surface area is 260 Å². The minimum Gasteiger partial charge on any atom is -0.493 e. The lowest BCUT2D eigenvalue weighted by Gasteiger charge is -2.38. The lowest BCUT2D eigenvalue weighted by molar-refractivity contribution is -0.137. The molecular weight excluding hydrogens is 593 g/mol. The highest BCUT2D eigenvalue weighted by Gasteiger charge is 2.40. The highest BCUT2D eigenvalue weighted by Crippen LogP contribution is 2.34. The molecule has 2 aromatic carbocycles. The van der Waals surface area contributed by atoms with E-state index in [0.29, 0.717) is 47.5 Å². The van der Waals surface area contributed by atoms with Gasteiger partial charge in [0.25, 0.3) is 5.91 Å². The van der Waals surface area contributed by atoms with Crippen LogP contribution in [0.3, 0.4) is 0 Å². The van der Waals surface area contributed by atoms with Gasteiger partial charge in [0.05, 0.1) is 29.2 Å². The Morgan fingerprint density at radius 3 is 2.56 bits per heavy atom. The Morgan fingerprint density at radius 2 is 1.79 bits per heavy atom. The van der Waals surface area contributed by atoms with Crippen molar-refractivity contribution in [1.29, 1.82) is 0 Å². The minimum absolute atomic E-state index is 0.114. The van der Waals surface area contributed by atoms with E-state index in [1.54, 1.807) is 18.2 Å². The molecule has 1 unspecified atom stereocenters. The maximum absolute atomic E-state index is 13.5. The van der Waals surface area contributed by atoms with Crippen LogP contribution in [0.1, 0.15) is 48.0 Å². The summed E-state index contributed by atoms with van der Waals surface area (Å²) in [6, 6.07) is 10.3. The van der Waals surface area contributed by atoms with Crippen LogP contribution >= 0.6 is 23.2 Å². The number of nitrogens with one attached hydrogen (secondary N) is 1. The number of carbonyl (C=O) groups is 4. The predicted molar refractivity (Wildman–Crippen MR) is 162 cm³/mol. The summed E-state index contributed by atoms with van der Waals surface area (Å²) in [6.45, 7) is 5.18. The number of hydrogen-bond donors (Lipinski definition) is 1. The third-order valence-corrected chi connectivity index (χ3v) is 9.63. The van der Waals surface area contributed by atoms with Gasteiger partial charge in [-0.15, -0.1) is 0 Å². The zero-order valence-corrected chi connectivity index (χ0v) is 25.4. The van der Waals surface area contributed by atoms with Gasteiger partial charge in [-0.25, -0.2) is 0 Å². The van der Waals surface area contributed by atoms with Gasteiger partial charge in [-0.3, -0.25) is 29.4 Å². The fourth-order valence-corrected chi connectivity index (χ4v) is 6.89. The maximum Gasteiger partial charge on any atom is 0.255 e. The van der Waals surface area contributed by atoms with Gasteiger partial charge < -0.3 is 19.4 Å². The van der Waals surface area contributed by atoms with Gasteiger partial charge in [-0.2, -0.15) is 0 Å². The van der Waals surface area contributed by atoms with E-state index < -0.39 is 11.9 Å². The van der Waals surface area contributed by atoms with Crippen LogP contribution in [0.2, 0.25) is 10.0 Å². The first kappa shape index (κ1) is 29.7. The molecule has 0 aliphatic carbocycles. The molecule has 2 aromatic rings. The summed E-state index contributed by atoms with van der Waals surface area (Å²) in [7, 11) is 0. The quantitative estimate of drug-likeness (QED) is 0.354. The minimum atomic E-state index is -0.658. The zero-order chi connectivity index (χ0) is 30.1. The van der Waals surface area contributed by atoms with E-state index in [2.05, 4.69) is 15.1 Å². The Morgan fingerprint density at radius 1 is 0.977 bits per heavy atom. The van der Waals surface area contributed by atoms with Gasteiger partial charge in [0.15, 0.2) is 0 Å². The second-order valence-corrected chi connectivity index (χ2v) is 12.3. The molecule has 3 saturated heterocycles. The third kappa shape index (κ3) is 6.18. The van der Waals surface area contributed by atoms with Gasteiger partial charge in [-0.1, -0.05) is 29.3 Å². The Kier molecular flexibility index (Phi) is 8.79. The molecule has 0 aromatic heterocycles. The highest BCUT2D eigenvalue weighted by molar-refractivity contribution is 6.42. The SMILES string of the molecule is O=C1CCC(N2Cc3c(OCCCN4CCC[C@@H]4C(=O)N4CCN(c5ccc(Cl)c(Cl)c5)CC4)cccc3C2=O)C(=O)N1. The average molecular weight is 629 g/mol. The van der Waals surface area contributed by atoms with Crippen molar-refractivity contribution < 1.29 is 23.9 Å². The monoisotopic (exact) mass is 627 g/mol. The van der Waals surface area contributed by atoms with Gasteiger partial charge >= 0.3 is 0 Å². The van der Waals surface area contributed by atoms with E-state index in [1.807, 2.05) is 23.1 Å². The van der Waals surface area contributed by atoms with E-state index in [0.717, 1.165) is 56.7 Å². The molecule has 6 rings (SSSR count). The van der Waals surface area contributed by atoms with Crippen LogP contribution in [0.4, 0.5) is 5.69 Å². The Balaban J connectivity index is 0.989. The van der Waals surface area contributed by atoms with E-state index in [-0.39, 0.29) is 36.7 Å². The molecule has 2 atom stereocenters. The summed E-state index contributed by atoms with van der Waals surface area (Å²) >= 11 is 12.3. The summed E-state index contributed by atoms with van der Waals surface area (Å²) in [5.41, 5.74) is 2.32. The van der Waals surface area contributed by atoms with Crippen LogP contribution in [0.25, 0.3) is 0 Å². The number of anilines is 1. The number of fused-ring (bicyclic) bond motifs is 1. The first-order chi connectivity index (χ1) is 20.8. The summed E-state index contributed by atoms with van der Waals surface area (Å²) in [6.07, 6.45) is 3.13. The van der Waals surface area contributed by atoms with E-state index in [1.165, 1.54) is 4.90 Å². The van der Waals surface area contributed by atoms with Crippen molar-refractivity contribution in [3.8, 4) is 5.75 Å². The number of benzene rings is 2. The largest absolute Gasteiger partial charge is 0.493 e. The van der Waals surface area contributed by atoms with Crippen molar-refractivity contribution in [2.75, 3.05) is 50.8 Å². The molecule has 12 heteroatoms. The van der Waals surface area contributed by atoms with Gasteiger partial charge in [0.1, 0.15) is 11.8 Å². The van der Waals surface area contributed by atoms with Crippen molar-refractivity contribution >= 4 is 52.5 Å². The van der Waals surface area contributed by atoms with Crippen LogP contribution < -0.4 is 15.0 Å². The number of nitrogens with zero attached hydrogens (tertiary/aromatic N) is 4. The summed E-state index contributed by atoms with van der Waals surface area (Å²) in [5.74, 6) is -0.123. The second kappa shape index (κ2) is 12.7. The molecule has 4 amide bonds. The lowest BCUT2D eigenvalue weighted by atomic mass is 10.0. The number of piperidine rings is 1. The molecule has 228 valence electrons.